The molecule has 6 aromatic rings. The summed E-state index contributed by atoms with van der Waals surface area (Å²) in [7, 11) is 0. The van der Waals surface area contributed by atoms with Gasteiger partial charge in [0.2, 0.25) is 0 Å². The molecule has 1 unspecified atom stereocenters. The molecule has 9 nitrogen and oxygen atoms in total. The number of hydrogen-bond acceptors (Lipinski definition) is 5. The average molecular weight is 706 g/mol. The summed E-state index contributed by atoms with van der Waals surface area (Å²) in [4.78, 5) is 2.83. The molecule has 1 saturated heterocycles. The van der Waals surface area contributed by atoms with Gasteiger partial charge in [-0.05, 0) is 110 Å². The van der Waals surface area contributed by atoms with Crippen molar-refractivity contribution in [1.29, 1.82) is 0 Å². The van der Waals surface area contributed by atoms with Gasteiger partial charge in [-0.15, -0.1) is 0 Å². The number of aromatic nitrogens is 2. The van der Waals surface area contributed by atoms with E-state index in [2.05, 4.69) is 14.6 Å². The summed E-state index contributed by atoms with van der Waals surface area (Å²) in [5.41, 5.74) is 11.8. The van der Waals surface area contributed by atoms with Gasteiger partial charge in [0.15, 0.2) is 0 Å². The third-order valence-corrected chi connectivity index (χ3v) is 11.0. The van der Waals surface area contributed by atoms with Crippen LogP contribution < -0.4 is 0 Å². The molecule has 50 heavy (non-hydrogen) atoms. The Labute approximate surface area is 285 Å². The van der Waals surface area contributed by atoms with Gasteiger partial charge in [0.25, 0.3) is 0 Å². The van der Waals surface area contributed by atoms with Crippen molar-refractivity contribution in [1.82, 2.24) is 9.13 Å². The number of hydrogen-bond donors (Lipinski definition) is 1. The van der Waals surface area contributed by atoms with Crippen LogP contribution in [0.15, 0.2) is 77.9 Å². The van der Waals surface area contributed by atoms with Gasteiger partial charge in [-0.2, -0.15) is 4.21 Å². The van der Waals surface area contributed by atoms with Gasteiger partial charge in [0.05, 0.1) is 24.2 Å². The van der Waals surface area contributed by atoms with E-state index in [9.17, 15) is 26.9 Å². The topological polar surface area (TPSA) is 114 Å². The lowest BCUT2D eigenvalue weighted by Gasteiger charge is -2.34. The van der Waals surface area contributed by atoms with Crippen molar-refractivity contribution in [3.8, 4) is 0 Å². The molecule has 2 aromatic heterocycles. The van der Waals surface area contributed by atoms with E-state index in [-0.39, 0.29) is 35.9 Å². The zero-order valence-corrected chi connectivity index (χ0v) is 27.3. The molecule has 3 heterocycles. The quantitative estimate of drug-likeness (QED) is 0.0857. The van der Waals surface area contributed by atoms with Crippen LogP contribution in [0.25, 0.3) is 54.1 Å². The standard InChI is InChI=1S/C18H16F2N4O.C18H15F2NO3S/c19-10-4-6-15-12(8-10)13-9-11(20)5-7-16(13)24(15)17-3-1-2-14(18(17)25)22-23-21;19-10-4-6-14-12(8-10)13-9-11(20)5-7-15(13)21(14)16-2-1-3-17-18(16)24-25(22)23-17/h4-9,14,17-18,25H,1-3H2;4-9,16-18H,1-3H2/t14-,17+,18+;16-,17-,18+,25?/m01/s1. The SMILES string of the molecule is O=S1O[C@H]2[C@H](n3c4ccc(F)cc4c4cc(F)ccc43)CCC[C@H]2O1.[N-]=[N+]=N[C@H]1CCC[C@@H](n2c3ccc(F)cc3c3cc(F)ccc32)[C@@H]1O. The first-order chi connectivity index (χ1) is 24.2. The van der Waals surface area contributed by atoms with Gasteiger partial charge in [0.1, 0.15) is 35.5 Å². The molecule has 0 bridgehead atoms. The molecule has 7 atom stereocenters. The third kappa shape index (κ3) is 5.61. The largest absolute Gasteiger partial charge is 0.391 e. The van der Waals surface area contributed by atoms with Crippen molar-refractivity contribution < 1.29 is 35.2 Å². The second-order valence-electron chi connectivity index (χ2n) is 13.0. The zero-order chi connectivity index (χ0) is 34.7. The van der Waals surface area contributed by atoms with Crippen LogP contribution in [-0.2, 0) is 19.7 Å². The van der Waals surface area contributed by atoms with Crippen molar-refractivity contribution in [3.63, 3.8) is 0 Å². The molecule has 2 aliphatic carbocycles. The highest BCUT2D eigenvalue weighted by Gasteiger charge is 2.44. The Bertz CT molecular complexity index is 2240. The normalized spacial score (nSPS) is 26.5. The van der Waals surface area contributed by atoms with Crippen molar-refractivity contribution in [3.05, 3.63) is 107 Å². The van der Waals surface area contributed by atoms with Crippen molar-refractivity contribution in [2.75, 3.05) is 0 Å². The fourth-order valence-electron chi connectivity index (χ4n) is 8.14. The predicted molar refractivity (Wildman–Crippen MR) is 181 cm³/mol. The minimum Gasteiger partial charge on any atom is -0.391 e. The molecule has 14 heteroatoms. The number of nitrogens with zero attached hydrogens (tertiary/aromatic N) is 5. The number of aliphatic hydroxyl groups is 1. The summed E-state index contributed by atoms with van der Waals surface area (Å²) in [6.07, 6.45) is 3.28. The monoisotopic (exact) mass is 705 g/mol. The highest BCUT2D eigenvalue weighted by Crippen LogP contribution is 2.43. The van der Waals surface area contributed by atoms with E-state index < -0.39 is 35.1 Å². The summed E-state index contributed by atoms with van der Waals surface area (Å²) in [5.74, 6) is -1.52. The van der Waals surface area contributed by atoms with Gasteiger partial charge in [-0.1, -0.05) is 11.5 Å². The molecule has 9 rings (SSSR count). The molecule has 1 aliphatic heterocycles. The maximum Gasteiger partial charge on any atom is 0.305 e. The van der Waals surface area contributed by atoms with Gasteiger partial charge in [-0.3, -0.25) is 8.37 Å². The summed E-state index contributed by atoms with van der Waals surface area (Å²) < 4.78 is 81.7. The number of fused-ring (bicyclic) bond motifs is 7. The number of benzene rings is 4. The van der Waals surface area contributed by atoms with Gasteiger partial charge in [-0.25, -0.2) is 17.6 Å². The Morgan fingerprint density at radius 1 is 0.680 bits per heavy atom. The molecule has 4 aromatic carbocycles. The fourth-order valence-corrected chi connectivity index (χ4v) is 9.03. The van der Waals surface area contributed by atoms with Gasteiger partial charge >= 0.3 is 11.4 Å². The van der Waals surface area contributed by atoms with Crippen LogP contribution in [-0.4, -0.2) is 42.8 Å². The number of halogens is 4. The lowest BCUT2D eigenvalue weighted by Crippen LogP contribution is -2.37. The number of aliphatic hydroxyl groups excluding tert-OH is 1. The minimum atomic E-state index is -1.73. The highest BCUT2D eigenvalue weighted by atomic mass is 32.2. The lowest BCUT2D eigenvalue weighted by molar-refractivity contribution is 0.0608. The maximum absolute atomic E-state index is 13.8. The summed E-state index contributed by atoms with van der Waals surface area (Å²) in [6, 6.07) is 16.9. The van der Waals surface area contributed by atoms with Gasteiger partial charge in [0, 0.05) is 48.5 Å². The van der Waals surface area contributed by atoms with Crippen LogP contribution >= 0.6 is 0 Å². The van der Waals surface area contributed by atoms with E-state index in [4.69, 9.17) is 13.9 Å². The third-order valence-electron chi connectivity index (χ3n) is 10.2. The fraction of sp³-hybridized carbons (Fsp3) is 0.333. The van der Waals surface area contributed by atoms with E-state index >= 15 is 0 Å². The Morgan fingerprint density at radius 2 is 1.12 bits per heavy atom. The molecule has 0 spiro atoms. The first-order valence-corrected chi connectivity index (χ1v) is 17.5. The summed E-state index contributed by atoms with van der Waals surface area (Å²) in [6.45, 7) is 0. The molecular formula is C36H31F4N5O4S. The van der Waals surface area contributed by atoms with Crippen LogP contribution in [0, 0.1) is 23.3 Å². The van der Waals surface area contributed by atoms with Crippen LogP contribution in [0.4, 0.5) is 17.6 Å². The first-order valence-electron chi connectivity index (χ1n) is 16.5. The van der Waals surface area contributed by atoms with E-state index in [1.165, 1.54) is 48.5 Å². The molecule has 0 radical (unpaired) electrons. The number of rotatable bonds is 3. The summed E-state index contributed by atoms with van der Waals surface area (Å²) in [5, 5.41) is 17.0. The molecule has 258 valence electrons. The number of azide groups is 1. The second-order valence-corrected chi connectivity index (χ2v) is 13.8. The van der Waals surface area contributed by atoms with E-state index in [1.807, 2.05) is 4.57 Å². The smallest absolute Gasteiger partial charge is 0.305 e. The lowest BCUT2D eigenvalue weighted by atomic mass is 9.88. The Hall–Kier alpha value is -4.46. The van der Waals surface area contributed by atoms with E-state index in [0.29, 0.717) is 34.4 Å². The van der Waals surface area contributed by atoms with Crippen molar-refractivity contribution >= 4 is 55.0 Å². The molecule has 3 fully saturated rings. The van der Waals surface area contributed by atoms with Gasteiger partial charge < -0.3 is 14.2 Å². The predicted octanol–water partition coefficient (Wildman–Crippen LogP) is 9.00. The minimum absolute atomic E-state index is 0.0962. The van der Waals surface area contributed by atoms with E-state index in [1.54, 1.807) is 24.3 Å². The van der Waals surface area contributed by atoms with Crippen LogP contribution in [0.2, 0.25) is 0 Å². The van der Waals surface area contributed by atoms with Crippen LogP contribution in [0.5, 0.6) is 0 Å². The Kier molecular flexibility index (Phi) is 8.52. The second kappa shape index (κ2) is 13.0. The average Bonchev–Trinajstić information content (AvgIpc) is 3.74. The highest BCUT2D eigenvalue weighted by molar-refractivity contribution is 7.75. The molecular weight excluding hydrogens is 674 g/mol. The molecule has 0 amide bonds. The van der Waals surface area contributed by atoms with Crippen LogP contribution in [0.3, 0.4) is 0 Å². The summed E-state index contributed by atoms with van der Waals surface area (Å²) >= 11 is -1.73. The molecule has 1 N–H and O–H groups in total. The Balaban J connectivity index is 0.000000144. The maximum atomic E-state index is 13.8. The zero-order valence-electron chi connectivity index (χ0n) is 26.5. The molecule has 3 aliphatic rings. The first kappa shape index (κ1) is 32.7. The molecule has 2 saturated carbocycles. The van der Waals surface area contributed by atoms with E-state index in [0.717, 1.165) is 47.8 Å². The van der Waals surface area contributed by atoms with Crippen LogP contribution in [0.1, 0.15) is 50.6 Å². The Morgan fingerprint density at radius 3 is 1.60 bits per heavy atom. The van der Waals surface area contributed by atoms with Crippen molar-refractivity contribution in [2.24, 2.45) is 5.11 Å². The van der Waals surface area contributed by atoms with Crippen molar-refractivity contribution in [2.45, 2.75) is 75.0 Å².